The Hall–Kier alpha value is -2.20. The maximum Gasteiger partial charge on any atom is 0.269 e. The van der Waals surface area contributed by atoms with E-state index < -0.39 is 0 Å². The van der Waals surface area contributed by atoms with Gasteiger partial charge in [-0.1, -0.05) is 18.2 Å². The highest BCUT2D eigenvalue weighted by atomic mass is 32.1. The number of rotatable bonds is 1. The van der Waals surface area contributed by atoms with Gasteiger partial charge >= 0.3 is 0 Å². The number of amides is 1. The molecule has 2 aromatic heterocycles. The van der Waals surface area contributed by atoms with Gasteiger partial charge in [-0.2, -0.15) is 0 Å². The van der Waals surface area contributed by atoms with Gasteiger partial charge in [0.1, 0.15) is 5.82 Å². The lowest BCUT2D eigenvalue weighted by Gasteiger charge is -2.15. The number of aromatic nitrogens is 1. The van der Waals surface area contributed by atoms with Gasteiger partial charge in [0.05, 0.1) is 10.4 Å². The minimum absolute atomic E-state index is 0.0586. The van der Waals surface area contributed by atoms with E-state index >= 15 is 0 Å². The number of carbonyl (C=O) groups excluding carboxylic acids is 1. The first-order valence-electron chi connectivity index (χ1n) is 6.98. The molecule has 1 aliphatic rings. The quantitative estimate of drug-likeness (QED) is 0.684. The van der Waals surface area contributed by atoms with Gasteiger partial charge in [0.2, 0.25) is 0 Å². The van der Waals surface area contributed by atoms with E-state index in [0.717, 1.165) is 33.6 Å². The van der Waals surface area contributed by atoms with Crippen LogP contribution in [-0.4, -0.2) is 17.4 Å². The van der Waals surface area contributed by atoms with Crippen molar-refractivity contribution in [3.8, 4) is 0 Å². The third kappa shape index (κ3) is 2.03. The standard InChI is InChI=1S/C17H14N2OS/c1-11-4-5-12-10-13-6-7-19(16(13)18-14(12)9-11)17(20)15-3-2-8-21-15/h2-5,8-10H,6-7H2,1H3. The van der Waals surface area contributed by atoms with Gasteiger partial charge in [-0.15, -0.1) is 11.3 Å². The first kappa shape index (κ1) is 12.5. The van der Waals surface area contributed by atoms with Gasteiger partial charge < -0.3 is 0 Å². The lowest BCUT2D eigenvalue weighted by atomic mass is 10.1. The Bertz CT molecular complexity index is 839. The first-order valence-corrected chi connectivity index (χ1v) is 7.86. The smallest absolute Gasteiger partial charge is 0.269 e. The van der Waals surface area contributed by atoms with Crippen LogP contribution in [-0.2, 0) is 6.42 Å². The number of fused-ring (bicyclic) bond motifs is 2. The van der Waals surface area contributed by atoms with E-state index in [9.17, 15) is 4.79 Å². The van der Waals surface area contributed by atoms with Gasteiger partial charge in [0, 0.05) is 11.9 Å². The van der Waals surface area contributed by atoms with Crippen LogP contribution in [0.5, 0.6) is 0 Å². The van der Waals surface area contributed by atoms with Crippen LogP contribution in [0.3, 0.4) is 0 Å². The van der Waals surface area contributed by atoms with Crippen molar-refractivity contribution in [1.82, 2.24) is 4.98 Å². The molecule has 0 atom stereocenters. The minimum atomic E-state index is 0.0586. The van der Waals surface area contributed by atoms with Crippen LogP contribution in [0, 0.1) is 6.92 Å². The van der Waals surface area contributed by atoms with Gasteiger partial charge in [0.25, 0.3) is 5.91 Å². The second-order valence-electron chi connectivity index (χ2n) is 5.35. The fourth-order valence-electron chi connectivity index (χ4n) is 2.80. The molecule has 0 bridgehead atoms. The van der Waals surface area contributed by atoms with Crippen LogP contribution in [0.15, 0.2) is 41.8 Å². The van der Waals surface area contributed by atoms with E-state index in [0.29, 0.717) is 6.54 Å². The zero-order valence-corrected chi connectivity index (χ0v) is 12.5. The van der Waals surface area contributed by atoms with Crippen LogP contribution < -0.4 is 4.90 Å². The van der Waals surface area contributed by atoms with Crippen LogP contribution in [0.2, 0.25) is 0 Å². The predicted octanol–water partition coefficient (Wildman–Crippen LogP) is 3.81. The average Bonchev–Trinajstić information content (AvgIpc) is 3.13. The summed E-state index contributed by atoms with van der Waals surface area (Å²) in [5, 5.41) is 3.08. The lowest BCUT2D eigenvalue weighted by molar-refractivity contribution is 0.0992. The Balaban J connectivity index is 1.82. The Morgan fingerprint density at radius 1 is 1.29 bits per heavy atom. The fourth-order valence-corrected chi connectivity index (χ4v) is 3.47. The molecule has 1 amide bonds. The zero-order valence-electron chi connectivity index (χ0n) is 11.7. The highest BCUT2D eigenvalue weighted by molar-refractivity contribution is 7.12. The van der Waals surface area contributed by atoms with Crippen molar-refractivity contribution < 1.29 is 4.79 Å². The van der Waals surface area contributed by atoms with Crippen molar-refractivity contribution >= 4 is 34.0 Å². The topological polar surface area (TPSA) is 33.2 Å². The number of nitrogens with zero attached hydrogens (tertiary/aromatic N) is 2. The molecule has 1 aromatic carbocycles. The third-order valence-electron chi connectivity index (χ3n) is 3.87. The molecular weight excluding hydrogens is 280 g/mol. The number of hydrogen-bond acceptors (Lipinski definition) is 3. The summed E-state index contributed by atoms with van der Waals surface area (Å²) in [6.45, 7) is 2.78. The number of aryl methyl sites for hydroxylation is 1. The molecule has 0 unspecified atom stereocenters. The maximum atomic E-state index is 12.6. The van der Waals surface area contributed by atoms with Gasteiger partial charge in [-0.3, -0.25) is 9.69 Å². The third-order valence-corrected chi connectivity index (χ3v) is 4.72. The molecule has 3 heterocycles. The molecule has 3 nitrogen and oxygen atoms in total. The fraction of sp³-hybridized carbons (Fsp3) is 0.176. The first-order chi connectivity index (χ1) is 10.2. The molecular formula is C17H14N2OS. The summed E-state index contributed by atoms with van der Waals surface area (Å²) in [4.78, 5) is 19.9. The van der Waals surface area contributed by atoms with Crippen LogP contribution in [0.4, 0.5) is 5.82 Å². The average molecular weight is 294 g/mol. The Labute approximate surface area is 126 Å². The summed E-state index contributed by atoms with van der Waals surface area (Å²) >= 11 is 1.48. The highest BCUT2D eigenvalue weighted by Gasteiger charge is 2.27. The molecule has 0 aliphatic carbocycles. The summed E-state index contributed by atoms with van der Waals surface area (Å²) in [7, 11) is 0. The van der Waals surface area contributed by atoms with Gasteiger partial charge in [-0.05, 0) is 48.1 Å². The van der Waals surface area contributed by atoms with Crippen molar-refractivity contribution in [3.05, 3.63) is 57.8 Å². The van der Waals surface area contributed by atoms with E-state index in [1.54, 1.807) is 0 Å². The Kier molecular flexibility index (Phi) is 2.79. The van der Waals surface area contributed by atoms with Gasteiger partial charge in [-0.25, -0.2) is 4.98 Å². The number of thiophene rings is 1. The molecule has 1 aliphatic heterocycles. The van der Waals surface area contributed by atoms with E-state index in [-0.39, 0.29) is 5.91 Å². The molecule has 0 fully saturated rings. The van der Waals surface area contributed by atoms with Crippen LogP contribution in [0.1, 0.15) is 20.8 Å². The summed E-state index contributed by atoms with van der Waals surface area (Å²) in [6, 6.07) is 12.2. The summed E-state index contributed by atoms with van der Waals surface area (Å²) in [6.07, 6.45) is 0.878. The van der Waals surface area contributed by atoms with Crippen molar-refractivity contribution in [1.29, 1.82) is 0 Å². The molecule has 0 saturated heterocycles. The lowest BCUT2D eigenvalue weighted by Crippen LogP contribution is -2.28. The summed E-state index contributed by atoms with van der Waals surface area (Å²) < 4.78 is 0. The largest absolute Gasteiger partial charge is 0.291 e. The van der Waals surface area contributed by atoms with E-state index in [1.165, 1.54) is 16.9 Å². The maximum absolute atomic E-state index is 12.6. The SMILES string of the molecule is Cc1ccc2cc3c(nc2c1)N(C(=O)c1cccs1)CC3. The van der Waals surface area contributed by atoms with Crippen molar-refractivity contribution in [3.63, 3.8) is 0 Å². The zero-order chi connectivity index (χ0) is 14.4. The van der Waals surface area contributed by atoms with E-state index in [2.05, 4.69) is 31.2 Å². The number of anilines is 1. The molecule has 104 valence electrons. The molecule has 0 radical (unpaired) electrons. The Morgan fingerprint density at radius 3 is 3.00 bits per heavy atom. The molecule has 3 aromatic rings. The van der Waals surface area contributed by atoms with Crippen molar-refractivity contribution in [2.45, 2.75) is 13.3 Å². The Morgan fingerprint density at radius 2 is 2.19 bits per heavy atom. The van der Waals surface area contributed by atoms with Crippen LogP contribution in [0.25, 0.3) is 10.9 Å². The monoisotopic (exact) mass is 294 g/mol. The van der Waals surface area contributed by atoms with E-state index in [1.807, 2.05) is 22.4 Å². The summed E-state index contributed by atoms with van der Waals surface area (Å²) in [5.41, 5.74) is 3.31. The second-order valence-corrected chi connectivity index (χ2v) is 6.30. The molecule has 21 heavy (non-hydrogen) atoms. The molecule has 4 heteroatoms. The van der Waals surface area contributed by atoms with Crippen molar-refractivity contribution in [2.75, 3.05) is 11.4 Å². The van der Waals surface area contributed by atoms with Gasteiger partial charge in [0.15, 0.2) is 0 Å². The number of carbonyl (C=O) groups is 1. The normalized spacial score (nSPS) is 13.7. The van der Waals surface area contributed by atoms with Crippen molar-refractivity contribution in [2.24, 2.45) is 0 Å². The summed E-state index contributed by atoms with van der Waals surface area (Å²) in [5.74, 6) is 0.884. The number of pyridine rings is 1. The molecule has 4 rings (SSSR count). The molecule has 0 spiro atoms. The minimum Gasteiger partial charge on any atom is -0.291 e. The predicted molar refractivity (Wildman–Crippen MR) is 86.2 cm³/mol. The van der Waals surface area contributed by atoms with Crippen LogP contribution >= 0.6 is 11.3 Å². The molecule has 0 N–H and O–H groups in total. The number of benzene rings is 1. The highest BCUT2D eigenvalue weighted by Crippen LogP contribution is 2.31. The number of hydrogen-bond donors (Lipinski definition) is 0. The molecule has 0 saturated carbocycles. The second kappa shape index (κ2) is 4.67. The van der Waals surface area contributed by atoms with E-state index in [4.69, 9.17) is 4.98 Å².